The number of hydrogen-bond acceptors (Lipinski definition) is 4. The molecule has 0 unspecified atom stereocenters. The number of rotatable bonds is 6. The fraction of sp³-hybridized carbons (Fsp3) is 0.211. The van der Waals surface area contributed by atoms with E-state index in [1.807, 2.05) is 6.92 Å². The minimum absolute atomic E-state index is 0.126. The zero-order valence-corrected chi connectivity index (χ0v) is 16.0. The van der Waals surface area contributed by atoms with Gasteiger partial charge in [-0.3, -0.25) is 9.59 Å². The van der Waals surface area contributed by atoms with Gasteiger partial charge in [0.2, 0.25) is 0 Å². The lowest BCUT2D eigenvalue weighted by Gasteiger charge is -2.20. The molecule has 0 atom stereocenters. The molecule has 0 fully saturated rings. The zero-order valence-electron chi connectivity index (χ0n) is 14.5. The van der Waals surface area contributed by atoms with Gasteiger partial charge < -0.3 is 14.6 Å². The van der Waals surface area contributed by atoms with Crippen LogP contribution in [0.1, 0.15) is 12.7 Å². The Morgan fingerprint density at radius 2 is 1.85 bits per heavy atom. The highest BCUT2D eigenvalue weighted by Crippen LogP contribution is 2.16. The molecule has 0 aliphatic carbocycles. The molecular weight excluding hydrogens is 389 g/mol. The summed E-state index contributed by atoms with van der Waals surface area (Å²) in [5, 5.41) is 1.53. The van der Waals surface area contributed by atoms with Crippen LogP contribution in [0.2, 0.25) is 10.0 Å². The molecule has 8 heteroatoms. The first-order chi connectivity index (χ1) is 13.0. The third-order valence-electron chi connectivity index (χ3n) is 3.97. The molecule has 6 nitrogen and oxygen atoms in total. The van der Waals surface area contributed by atoms with Gasteiger partial charge in [-0.25, -0.2) is 4.98 Å². The first-order valence-electron chi connectivity index (χ1n) is 8.31. The molecule has 0 spiro atoms. The summed E-state index contributed by atoms with van der Waals surface area (Å²) in [7, 11) is 0. The number of fused-ring (bicyclic) bond motifs is 1. The van der Waals surface area contributed by atoms with Crippen LogP contribution in [0.4, 0.5) is 0 Å². The van der Waals surface area contributed by atoms with Crippen LogP contribution < -0.4 is 10.3 Å². The van der Waals surface area contributed by atoms with Crippen LogP contribution >= 0.6 is 23.2 Å². The molecular formula is C19H17Cl2N3O3. The second kappa shape index (κ2) is 8.41. The van der Waals surface area contributed by atoms with E-state index in [9.17, 15) is 9.59 Å². The molecule has 0 bridgehead atoms. The Labute approximate surface area is 165 Å². The van der Waals surface area contributed by atoms with E-state index in [0.29, 0.717) is 39.1 Å². The van der Waals surface area contributed by atoms with Crippen molar-refractivity contribution in [3.8, 4) is 5.75 Å². The molecule has 2 aromatic carbocycles. The van der Waals surface area contributed by atoms with E-state index in [1.54, 1.807) is 47.4 Å². The summed E-state index contributed by atoms with van der Waals surface area (Å²) in [5.74, 6) is 0.716. The lowest BCUT2D eigenvalue weighted by atomic mass is 10.2. The van der Waals surface area contributed by atoms with Crippen molar-refractivity contribution in [2.24, 2.45) is 0 Å². The van der Waals surface area contributed by atoms with Crippen molar-refractivity contribution in [3.05, 3.63) is 68.7 Å². The summed E-state index contributed by atoms with van der Waals surface area (Å²) in [6.45, 7) is 2.33. The average Bonchev–Trinajstić information content (AvgIpc) is 2.65. The Bertz CT molecular complexity index is 1020. The highest BCUT2D eigenvalue weighted by Gasteiger charge is 2.15. The van der Waals surface area contributed by atoms with Crippen LogP contribution in [-0.2, 0) is 11.3 Å². The summed E-state index contributed by atoms with van der Waals surface area (Å²) in [5.41, 5.74) is 0.217. The van der Waals surface area contributed by atoms with Gasteiger partial charge in [0.05, 0.1) is 17.4 Å². The summed E-state index contributed by atoms with van der Waals surface area (Å²) < 4.78 is 5.49. The monoisotopic (exact) mass is 405 g/mol. The van der Waals surface area contributed by atoms with Gasteiger partial charge in [-0.2, -0.15) is 0 Å². The predicted octanol–water partition coefficient (Wildman–Crippen LogP) is 3.66. The highest BCUT2D eigenvalue weighted by atomic mass is 35.5. The molecule has 0 aliphatic rings. The van der Waals surface area contributed by atoms with Gasteiger partial charge in [0.1, 0.15) is 11.6 Å². The maximum Gasteiger partial charge on any atom is 0.260 e. The van der Waals surface area contributed by atoms with Crippen molar-refractivity contribution in [1.29, 1.82) is 0 Å². The molecule has 27 heavy (non-hydrogen) atoms. The number of hydrogen-bond donors (Lipinski definition) is 1. The topological polar surface area (TPSA) is 75.3 Å². The number of carbonyl (C=O) groups is 1. The first kappa shape index (κ1) is 19.2. The van der Waals surface area contributed by atoms with Crippen molar-refractivity contribution in [1.82, 2.24) is 14.9 Å². The second-order valence-electron chi connectivity index (χ2n) is 5.82. The van der Waals surface area contributed by atoms with Gasteiger partial charge in [-0.15, -0.1) is 0 Å². The Balaban J connectivity index is 1.72. The number of halogens is 2. The second-order valence-corrected chi connectivity index (χ2v) is 6.70. The fourth-order valence-corrected chi connectivity index (χ4v) is 2.85. The van der Waals surface area contributed by atoms with Crippen molar-refractivity contribution in [3.63, 3.8) is 0 Å². The number of nitrogens with zero attached hydrogens (tertiary/aromatic N) is 2. The molecule has 3 rings (SSSR count). The average molecular weight is 406 g/mol. The largest absolute Gasteiger partial charge is 0.484 e. The van der Waals surface area contributed by atoms with Crippen LogP contribution in [-0.4, -0.2) is 33.9 Å². The number of ether oxygens (including phenoxy) is 1. The predicted molar refractivity (Wildman–Crippen MR) is 105 cm³/mol. The zero-order chi connectivity index (χ0) is 19.4. The number of H-pyrrole nitrogens is 1. The van der Waals surface area contributed by atoms with Crippen LogP contribution in [0, 0.1) is 0 Å². The van der Waals surface area contributed by atoms with Crippen LogP contribution in [0.25, 0.3) is 10.9 Å². The molecule has 3 aromatic rings. The number of amides is 1. The lowest BCUT2D eigenvalue weighted by Crippen LogP contribution is -2.35. The van der Waals surface area contributed by atoms with Crippen LogP contribution in [0.15, 0.2) is 47.3 Å². The molecule has 140 valence electrons. The summed E-state index contributed by atoms with van der Waals surface area (Å²) >= 11 is 11.8. The third-order valence-corrected chi connectivity index (χ3v) is 4.46. The normalized spacial score (nSPS) is 10.8. The van der Waals surface area contributed by atoms with E-state index in [2.05, 4.69) is 9.97 Å². The molecule has 1 amide bonds. The van der Waals surface area contributed by atoms with E-state index in [-0.39, 0.29) is 24.6 Å². The van der Waals surface area contributed by atoms with Gasteiger partial charge in [0.15, 0.2) is 6.61 Å². The number of aromatic nitrogens is 2. The molecule has 1 aromatic heterocycles. The quantitative estimate of drug-likeness (QED) is 0.678. The van der Waals surface area contributed by atoms with E-state index in [4.69, 9.17) is 27.9 Å². The molecule has 1 heterocycles. The third kappa shape index (κ3) is 4.78. The minimum atomic E-state index is -0.271. The number of nitrogens with one attached hydrogen (secondary N) is 1. The van der Waals surface area contributed by atoms with Crippen molar-refractivity contribution >= 4 is 40.0 Å². The fourth-order valence-electron chi connectivity index (χ4n) is 2.56. The maximum atomic E-state index is 12.5. The van der Waals surface area contributed by atoms with Crippen LogP contribution in [0.5, 0.6) is 5.75 Å². The summed E-state index contributed by atoms with van der Waals surface area (Å²) in [6.07, 6.45) is 0. The van der Waals surface area contributed by atoms with Crippen molar-refractivity contribution < 1.29 is 9.53 Å². The summed E-state index contributed by atoms with van der Waals surface area (Å²) in [6, 6.07) is 11.6. The van der Waals surface area contributed by atoms with Crippen LogP contribution in [0.3, 0.4) is 0 Å². The van der Waals surface area contributed by atoms with E-state index < -0.39 is 0 Å². The summed E-state index contributed by atoms with van der Waals surface area (Å²) in [4.78, 5) is 33.3. The Morgan fingerprint density at radius 1 is 1.15 bits per heavy atom. The number of aromatic amines is 1. The van der Waals surface area contributed by atoms with Gasteiger partial charge in [0.25, 0.3) is 11.5 Å². The van der Waals surface area contributed by atoms with Gasteiger partial charge in [0, 0.05) is 16.6 Å². The maximum absolute atomic E-state index is 12.5. The standard InChI is InChI=1S/C19H17Cl2N3O3/c1-2-24(18(25)11-27-14-6-3-12(20)4-7-14)10-17-22-16-9-13(21)5-8-15(16)19(26)23-17/h3-9H,2,10-11H2,1H3,(H,22,23,26). The number of likely N-dealkylation sites (N-methyl/N-ethyl adjacent to an activating group) is 1. The lowest BCUT2D eigenvalue weighted by molar-refractivity contribution is -0.133. The van der Waals surface area contributed by atoms with Gasteiger partial charge >= 0.3 is 0 Å². The molecule has 0 aliphatic heterocycles. The Kier molecular flexibility index (Phi) is 5.98. The highest BCUT2D eigenvalue weighted by molar-refractivity contribution is 6.31. The van der Waals surface area contributed by atoms with Crippen molar-refractivity contribution in [2.45, 2.75) is 13.5 Å². The first-order valence-corrected chi connectivity index (χ1v) is 9.06. The Morgan fingerprint density at radius 3 is 2.56 bits per heavy atom. The van der Waals surface area contributed by atoms with Gasteiger partial charge in [-0.05, 0) is 49.4 Å². The van der Waals surface area contributed by atoms with Gasteiger partial charge in [-0.1, -0.05) is 23.2 Å². The number of carbonyl (C=O) groups excluding carboxylic acids is 1. The minimum Gasteiger partial charge on any atom is -0.484 e. The smallest absolute Gasteiger partial charge is 0.260 e. The molecule has 1 N–H and O–H groups in total. The van der Waals surface area contributed by atoms with E-state index >= 15 is 0 Å². The molecule has 0 radical (unpaired) electrons. The Hall–Kier alpha value is -2.57. The molecule has 0 saturated heterocycles. The molecule has 0 saturated carbocycles. The van der Waals surface area contributed by atoms with E-state index in [0.717, 1.165) is 0 Å². The van der Waals surface area contributed by atoms with E-state index in [1.165, 1.54) is 0 Å². The SMILES string of the molecule is CCN(Cc1nc2cc(Cl)ccc2c(=O)[nH]1)C(=O)COc1ccc(Cl)cc1. The van der Waals surface area contributed by atoms with Crippen molar-refractivity contribution in [2.75, 3.05) is 13.2 Å². The number of benzene rings is 2.